The van der Waals surface area contributed by atoms with E-state index in [1.54, 1.807) is 51.7 Å². The average Bonchev–Trinajstić information content (AvgIpc) is 3.51. The van der Waals surface area contributed by atoms with E-state index in [0.29, 0.717) is 39.4 Å². The van der Waals surface area contributed by atoms with Gasteiger partial charge in [-0.1, -0.05) is 11.8 Å². The molecule has 0 unspecified atom stereocenters. The molecule has 3 heterocycles. The predicted octanol–water partition coefficient (Wildman–Crippen LogP) is 3.75. The van der Waals surface area contributed by atoms with E-state index in [-0.39, 0.29) is 18.9 Å². The quantitative estimate of drug-likeness (QED) is 0.567. The number of carbonyl (C=O) groups is 2. The molecule has 178 valence electrons. The number of nitrogens with one attached hydrogen (secondary N) is 1. The summed E-state index contributed by atoms with van der Waals surface area (Å²) in [4.78, 5) is 32.1. The van der Waals surface area contributed by atoms with E-state index in [1.807, 2.05) is 16.4 Å². The molecule has 34 heavy (non-hydrogen) atoms. The monoisotopic (exact) mass is 483 g/mol. The summed E-state index contributed by atoms with van der Waals surface area (Å²) in [5.74, 6) is 1.14. The van der Waals surface area contributed by atoms with Crippen LogP contribution in [0.25, 0.3) is 0 Å². The van der Waals surface area contributed by atoms with Gasteiger partial charge in [-0.15, -0.1) is 0 Å². The number of benzene rings is 1. The molecule has 1 aromatic carbocycles. The lowest BCUT2D eigenvalue weighted by Crippen LogP contribution is -2.38. The number of rotatable bonds is 8. The molecule has 2 aliphatic rings. The maximum absolute atomic E-state index is 12.9. The van der Waals surface area contributed by atoms with Gasteiger partial charge in [-0.25, -0.2) is 9.79 Å². The number of hydrogen-bond acceptors (Lipinski definition) is 9. The second-order valence-electron chi connectivity index (χ2n) is 7.53. The Labute approximate surface area is 201 Å². The number of allylic oxidation sites excluding steroid dienone is 1. The molecule has 2 aliphatic heterocycles. The van der Waals surface area contributed by atoms with E-state index < -0.39 is 12.0 Å². The first kappa shape index (κ1) is 23.5. The summed E-state index contributed by atoms with van der Waals surface area (Å²) in [6, 6.07) is 8.37. The summed E-state index contributed by atoms with van der Waals surface area (Å²) in [6.07, 6.45) is 1.65. The van der Waals surface area contributed by atoms with E-state index >= 15 is 0 Å². The number of hydrogen-bond donors (Lipinski definition) is 1. The van der Waals surface area contributed by atoms with Crippen molar-refractivity contribution in [3.63, 3.8) is 0 Å². The highest BCUT2D eigenvalue weighted by molar-refractivity contribution is 8.16. The van der Waals surface area contributed by atoms with Crippen molar-refractivity contribution >= 4 is 28.8 Å². The first-order valence-electron chi connectivity index (χ1n) is 10.5. The summed E-state index contributed by atoms with van der Waals surface area (Å²) >= 11 is 1.40. The molecule has 2 aromatic rings. The van der Waals surface area contributed by atoms with Crippen molar-refractivity contribution in [2.24, 2.45) is 4.99 Å². The predicted molar refractivity (Wildman–Crippen MR) is 127 cm³/mol. The highest BCUT2D eigenvalue weighted by Crippen LogP contribution is 2.47. The molecule has 0 radical (unpaired) electrons. The highest BCUT2D eigenvalue weighted by Gasteiger charge is 2.42. The van der Waals surface area contributed by atoms with Crippen molar-refractivity contribution in [3.05, 3.63) is 70.3 Å². The Balaban J connectivity index is 1.69. The minimum Gasteiger partial charge on any atom is -0.497 e. The van der Waals surface area contributed by atoms with Crippen molar-refractivity contribution in [2.75, 3.05) is 21.3 Å². The van der Waals surface area contributed by atoms with Crippen molar-refractivity contribution in [3.8, 4) is 11.5 Å². The maximum Gasteiger partial charge on any atom is 0.338 e. The zero-order valence-electron chi connectivity index (χ0n) is 19.3. The van der Waals surface area contributed by atoms with Crippen molar-refractivity contribution in [1.82, 2.24) is 10.2 Å². The van der Waals surface area contributed by atoms with Crippen LogP contribution in [0.2, 0.25) is 0 Å². The minimum atomic E-state index is -0.597. The number of amidine groups is 1. The molecule has 1 amide bonds. The molecular weight excluding hydrogens is 458 g/mol. The lowest BCUT2D eigenvalue weighted by Gasteiger charge is -2.36. The lowest BCUT2D eigenvalue weighted by atomic mass is 9.93. The molecule has 0 aliphatic carbocycles. The molecule has 10 heteroatoms. The molecule has 0 spiro atoms. The summed E-state index contributed by atoms with van der Waals surface area (Å²) in [7, 11) is 4.47. The largest absolute Gasteiger partial charge is 0.497 e. The second-order valence-corrected chi connectivity index (χ2v) is 8.36. The van der Waals surface area contributed by atoms with Gasteiger partial charge in [0.2, 0.25) is 5.91 Å². The van der Waals surface area contributed by atoms with Crippen LogP contribution >= 0.6 is 11.8 Å². The summed E-state index contributed by atoms with van der Waals surface area (Å²) in [6.45, 7) is 2.06. The number of fused-ring (bicyclic) bond motifs is 1. The maximum atomic E-state index is 12.9. The van der Waals surface area contributed by atoms with E-state index in [1.165, 1.54) is 18.9 Å². The summed E-state index contributed by atoms with van der Waals surface area (Å²) < 4.78 is 21.4. The van der Waals surface area contributed by atoms with Gasteiger partial charge in [0.25, 0.3) is 0 Å². The minimum absolute atomic E-state index is 0.0925. The molecule has 0 bridgehead atoms. The smallest absolute Gasteiger partial charge is 0.338 e. The first-order valence-corrected chi connectivity index (χ1v) is 11.4. The third kappa shape index (κ3) is 4.54. The Hall–Kier alpha value is -3.66. The van der Waals surface area contributed by atoms with Crippen LogP contribution in [0.15, 0.2) is 68.4 Å². The van der Waals surface area contributed by atoms with Crippen LogP contribution in [0.4, 0.5) is 0 Å². The molecule has 0 saturated carbocycles. The zero-order valence-corrected chi connectivity index (χ0v) is 20.1. The Morgan fingerprint density at radius 1 is 1.21 bits per heavy atom. The lowest BCUT2D eigenvalue weighted by molar-refractivity contribution is -0.136. The molecule has 9 nitrogen and oxygen atoms in total. The van der Waals surface area contributed by atoms with Gasteiger partial charge < -0.3 is 28.8 Å². The van der Waals surface area contributed by atoms with Crippen molar-refractivity contribution in [2.45, 2.75) is 25.9 Å². The Bertz CT molecular complexity index is 1190. The number of nitrogens with zero attached hydrogens (tertiary/aromatic N) is 2. The van der Waals surface area contributed by atoms with Crippen LogP contribution in [0.3, 0.4) is 0 Å². The van der Waals surface area contributed by atoms with Gasteiger partial charge in [-0.2, -0.15) is 0 Å². The van der Waals surface area contributed by atoms with Gasteiger partial charge >= 0.3 is 5.97 Å². The third-order valence-corrected chi connectivity index (χ3v) is 6.41. The Kier molecular flexibility index (Phi) is 6.97. The van der Waals surface area contributed by atoms with Crippen LogP contribution in [-0.2, 0) is 20.9 Å². The summed E-state index contributed by atoms with van der Waals surface area (Å²) in [5, 5.41) is 5.40. The molecule has 0 fully saturated rings. The van der Waals surface area contributed by atoms with Crippen LogP contribution in [-0.4, -0.2) is 43.3 Å². The topological polar surface area (TPSA) is 103 Å². The first-order chi connectivity index (χ1) is 16.5. The van der Waals surface area contributed by atoms with Crippen molar-refractivity contribution < 1.29 is 28.2 Å². The SMILES string of the molecule is COC(=O)C1=C(C)N=C2SC=C(CC(=O)NCc3ccco3)N2[C@H]1c1ccc(OC)cc1OC. The van der Waals surface area contributed by atoms with Gasteiger partial charge in [0, 0.05) is 17.3 Å². The van der Waals surface area contributed by atoms with Crippen LogP contribution in [0, 0.1) is 0 Å². The van der Waals surface area contributed by atoms with Crippen LogP contribution < -0.4 is 14.8 Å². The van der Waals surface area contributed by atoms with Gasteiger partial charge in [-0.3, -0.25) is 4.79 Å². The van der Waals surface area contributed by atoms with Gasteiger partial charge in [0.1, 0.15) is 17.3 Å². The number of ether oxygens (including phenoxy) is 3. The van der Waals surface area contributed by atoms with Gasteiger partial charge in [0.05, 0.1) is 57.9 Å². The van der Waals surface area contributed by atoms with E-state index in [9.17, 15) is 9.59 Å². The highest BCUT2D eigenvalue weighted by atomic mass is 32.2. The Morgan fingerprint density at radius 2 is 2.03 bits per heavy atom. The van der Waals surface area contributed by atoms with E-state index in [4.69, 9.17) is 18.6 Å². The van der Waals surface area contributed by atoms with Gasteiger partial charge in [-0.05, 0) is 36.6 Å². The zero-order chi connectivity index (χ0) is 24.2. The Morgan fingerprint density at radius 3 is 2.71 bits per heavy atom. The molecule has 1 aromatic heterocycles. The fourth-order valence-corrected chi connectivity index (χ4v) is 4.87. The molecule has 0 saturated heterocycles. The number of thioether (sulfide) groups is 1. The second kappa shape index (κ2) is 10.1. The standard InChI is InChI=1S/C24H25N3O6S/c1-14-21(23(29)32-4)22(18-8-7-16(30-2)11-19(18)31-3)27-15(13-34-24(27)26-14)10-20(28)25-12-17-6-5-9-33-17/h5-9,11,13,22H,10,12H2,1-4H3,(H,25,28)/t22-/m0/s1. The summed E-state index contributed by atoms with van der Waals surface area (Å²) in [5.41, 5.74) is 2.35. The number of furan rings is 1. The van der Waals surface area contributed by atoms with E-state index in [0.717, 1.165) is 5.56 Å². The third-order valence-electron chi connectivity index (χ3n) is 5.52. The number of amides is 1. The van der Waals surface area contributed by atoms with Crippen molar-refractivity contribution in [1.29, 1.82) is 0 Å². The fraction of sp³-hybridized carbons (Fsp3) is 0.292. The van der Waals surface area contributed by atoms with Crippen LogP contribution in [0.1, 0.15) is 30.7 Å². The van der Waals surface area contributed by atoms with Crippen LogP contribution in [0.5, 0.6) is 11.5 Å². The normalized spacial score (nSPS) is 17.1. The number of aliphatic imine (C=N–C) groups is 1. The number of methoxy groups -OCH3 is 3. The molecule has 4 rings (SSSR count). The molecule has 1 atom stereocenters. The molecular formula is C24H25N3O6S. The number of carbonyl (C=O) groups excluding carboxylic acids is 2. The fourth-order valence-electron chi connectivity index (χ4n) is 3.91. The van der Waals surface area contributed by atoms with E-state index in [2.05, 4.69) is 10.3 Å². The number of esters is 1. The molecule has 1 N–H and O–H groups in total. The van der Waals surface area contributed by atoms with Gasteiger partial charge in [0.15, 0.2) is 5.17 Å². The average molecular weight is 484 g/mol.